The molecule has 0 heterocycles. The van der Waals surface area contributed by atoms with Crippen LogP contribution in [0.3, 0.4) is 0 Å². The van der Waals surface area contributed by atoms with Crippen LogP contribution in [0.1, 0.15) is 89.0 Å². The van der Waals surface area contributed by atoms with Gasteiger partial charge in [0.2, 0.25) is 0 Å². The molecule has 0 amide bonds. The summed E-state index contributed by atoms with van der Waals surface area (Å²) in [7, 11) is 17.5. The number of quaternary nitrogens is 4. The predicted octanol–water partition coefficient (Wildman–Crippen LogP) is -4.05. The maximum absolute atomic E-state index is 11.1. The van der Waals surface area contributed by atoms with Gasteiger partial charge in [-0.3, -0.25) is 0 Å². The van der Waals surface area contributed by atoms with E-state index in [9.17, 15) is 20.4 Å². The molecular weight excluding hydrogens is 863 g/mol. The van der Waals surface area contributed by atoms with Crippen molar-refractivity contribution in [3.05, 3.63) is 164 Å². The van der Waals surface area contributed by atoms with Crippen molar-refractivity contribution in [3.63, 3.8) is 0 Å². The van der Waals surface area contributed by atoms with Crippen LogP contribution < -0.4 is 99.1 Å². The van der Waals surface area contributed by atoms with Gasteiger partial charge in [-0.05, 0) is 150 Å². The molecule has 0 bridgehead atoms. The molecule has 0 aromatic heterocycles. The van der Waals surface area contributed by atoms with Crippen molar-refractivity contribution in [1.29, 1.82) is 0 Å². The number of benzene rings is 4. The predicted molar refractivity (Wildman–Crippen MR) is 275 cm³/mol. The molecule has 0 aliphatic rings. The molecule has 356 valence electrons. The molecule has 11 heteroatoms. The van der Waals surface area contributed by atoms with Crippen LogP contribution in [-0.2, 0) is 0 Å². The number of hydrogen-bond acceptors (Lipinski definition) is 4. The number of aryl methyl sites for hydroxylation is 12. The molecule has 4 N–H and O–H groups in total. The molecule has 4 rings (SSSR count). The Balaban J connectivity index is -0.000000229. The van der Waals surface area contributed by atoms with Gasteiger partial charge in [0.05, 0.1) is 56.4 Å². The summed E-state index contributed by atoms with van der Waals surface area (Å²) in [6.07, 6.45) is 0. The summed E-state index contributed by atoms with van der Waals surface area (Å²) in [6, 6.07) is 16.0. The van der Waals surface area contributed by atoms with Crippen LogP contribution >= 0.6 is 0 Å². The van der Waals surface area contributed by atoms with Gasteiger partial charge in [-0.15, -0.1) is 49.4 Å². The Morgan fingerprint density at radius 1 is 0.313 bits per heavy atom. The molecule has 0 aliphatic carbocycles. The zero-order chi connectivity index (χ0) is 50.3. The van der Waals surface area contributed by atoms with E-state index in [0.29, 0.717) is 0 Å². The van der Waals surface area contributed by atoms with Gasteiger partial charge in [-0.25, -0.2) is 0 Å². The fourth-order valence-electron chi connectivity index (χ4n) is 7.48. The van der Waals surface area contributed by atoms with Gasteiger partial charge in [0.1, 0.15) is 26.2 Å². The van der Waals surface area contributed by atoms with E-state index in [1.807, 2.05) is 132 Å². The normalized spacial score (nSPS) is 9.79. The van der Waals surface area contributed by atoms with E-state index in [2.05, 4.69) is 82.7 Å². The van der Waals surface area contributed by atoms with Crippen molar-refractivity contribution < 1.29 is 99.1 Å². The van der Waals surface area contributed by atoms with Crippen LogP contribution in [0.4, 0.5) is 0 Å². The molecule has 67 heavy (non-hydrogen) atoms. The molecule has 0 spiro atoms. The molecule has 4 aromatic carbocycles. The number of nitrogens with one attached hydrogen (secondary N) is 4. The number of hydrogen-bond donors (Lipinski definition) is 4. The minimum Gasteiger partial charge on any atom is -0.872 e. The van der Waals surface area contributed by atoms with E-state index in [0.717, 1.165) is 66.8 Å². The van der Waals surface area contributed by atoms with Crippen molar-refractivity contribution >= 4 is 46.1 Å². The van der Waals surface area contributed by atoms with Crippen LogP contribution in [-0.4, -0.2) is 106 Å². The van der Waals surface area contributed by atoms with E-state index in [-0.39, 0.29) is 105 Å². The summed E-state index contributed by atoms with van der Waals surface area (Å²) < 4.78 is 0. The molecule has 0 radical (unpaired) electrons. The zero-order valence-corrected chi connectivity index (χ0v) is 52.0. The van der Waals surface area contributed by atoms with Gasteiger partial charge in [-0.2, -0.15) is 0 Å². The van der Waals surface area contributed by atoms with Crippen LogP contribution in [0.15, 0.2) is 74.8 Å². The second kappa shape index (κ2) is 37.5. The Morgan fingerprint density at radius 3 is 0.493 bits per heavy atom. The summed E-state index contributed by atoms with van der Waals surface area (Å²) in [5, 5.41) is 44.3. The van der Waals surface area contributed by atoms with Gasteiger partial charge < -0.3 is 40.0 Å². The fraction of sp³-hybridized carbons (Fsp3) is 0.429. The van der Waals surface area contributed by atoms with Crippen LogP contribution in [0.5, 0.6) is 0 Å². The van der Waals surface area contributed by atoms with E-state index < -0.39 is 0 Å². The van der Waals surface area contributed by atoms with Gasteiger partial charge in [-0.1, -0.05) is 70.8 Å². The summed E-state index contributed by atoms with van der Waals surface area (Å²) >= 11 is 0. The average molecular weight is 952 g/mol. The van der Waals surface area contributed by atoms with Gasteiger partial charge in [0.25, 0.3) is 0 Å². The van der Waals surface area contributed by atoms with Crippen molar-refractivity contribution in [2.75, 3.05) is 82.6 Å². The molecular formula is C56H88MgN4Na2O4+4. The maximum atomic E-state index is 11.1. The molecule has 0 unspecified atom stereocenters. The average Bonchev–Trinajstić information content (AvgIpc) is 3.09. The number of likely N-dealkylation sites (N-methyl/N-ethyl adjacent to an activating group) is 4. The molecule has 0 saturated carbocycles. The first kappa shape index (κ1) is 73.6. The molecule has 0 atom stereocenters. The molecule has 4 aromatic rings. The van der Waals surface area contributed by atoms with E-state index in [1.165, 1.54) is 68.0 Å². The van der Waals surface area contributed by atoms with Gasteiger partial charge >= 0.3 is 82.2 Å². The molecule has 0 fully saturated rings. The molecule has 0 aliphatic heterocycles. The second-order valence-electron chi connectivity index (χ2n) is 18.6. The largest absolute Gasteiger partial charge is 2.00 e. The molecule has 8 nitrogen and oxygen atoms in total. The SMILES string of the molecule is C=C([O-])c1c(C)cc(C)cc1C.C=C([O-])c1c(C)cc(C)cc1C.C=C([O-])c1c(C)cc(C)cc1C.C=C([O-])c1c(C)cc(C)cc1C.C[NH+](C)CC[NH+](C)C.C[NH+](C)CC[NH+](C)C.[Mg+2].[Na+].[Na+]. The summed E-state index contributed by atoms with van der Waals surface area (Å²) in [5.41, 5.74) is 16.0. The third-order valence-electron chi connectivity index (χ3n) is 10.1. The van der Waals surface area contributed by atoms with E-state index in [4.69, 9.17) is 0 Å². The van der Waals surface area contributed by atoms with E-state index >= 15 is 0 Å². The Bertz CT molecular complexity index is 1750. The quantitative estimate of drug-likeness (QED) is 0.0961. The Hall–Kier alpha value is -2.35. The standard InChI is InChI=1S/4C11H14O.2C6H16N2.Mg.2Na/c4*1-7-5-8(2)11(10(4)12)9(3)6-7;2*1-7(2)5-6-8(3)4;;;/h4*5-6,12H,4H2,1-3H3;2*5-6H2,1-4H3;;;/q;;;;;;+2;2*+1. The third kappa shape index (κ3) is 31.5. The minimum atomic E-state index is -0.0926. The summed E-state index contributed by atoms with van der Waals surface area (Å²) in [6.45, 7) is 42.4. The van der Waals surface area contributed by atoms with Crippen molar-refractivity contribution in [2.24, 2.45) is 0 Å². The minimum absolute atomic E-state index is 0. The third-order valence-corrected chi connectivity index (χ3v) is 10.1. The van der Waals surface area contributed by atoms with Gasteiger partial charge in [0.15, 0.2) is 0 Å². The smallest absolute Gasteiger partial charge is 0.872 e. The first-order chi connectivity index (χ1) is 29.3. The Kier molecular flexibility index (Phi) is 41.2. The Morgan fingerprint density at radius 2 is 0.418 bits per heavy atom. The summed E-state index contributed by atoms with van der Waals surface area (Å²) in [5.74, 6) is -0.370. The van der Waals surface area contributed by atoms with E-state index in [1.54, 1.807) is 0 Å². The van der Waals surface area contributed by atoms with Crippen molar-refractivity contribution in [1.82, 2.24) is 0 Å². The first-order valence-corrected chi connectivity index (χ1v) is 22.3. The number of rotatable bonds is 10. The van der Waals surface area contributed by atoms with Gasteiger partial charge in [0, 0.05) is 0 Å². The van der Waals surface area contributed by atoms with Crippen LogP contribution in [0.25, 0.3) is 23.0 Å². The maximum Gasteiger partial charge on any atom is 2.00 e. The van der Waals surface area contributed by atoms with Crippen LogP contribution in [0, 0.1) is 83.1 Å². The molecule has 0 saturated heterocycles. The fourth-order valence-corrected chi connectivity index (χ4v) is 7.48. The topological polar surface area (TPSA) is 110 Å². The van der Waals surface area contributed by atoms with Crippen LogP contribution in [0.2, 0.25) is 0 Å². The van der Waals surface area contributed by atoms with Crippen molar-refractivity contribution in [2.45, 2.75) is 83.1 Å². The van der Waals surface area contributed by atoms with Crippen molar-refractivity contribution in [3.8, 4) is 0 Å². The second-order valence-corrected chi connectivity index (χ2v) is 18.6. The monoisotopic (exact) mass is 951 g/mol. The summed E-state index contributed by atoms with van der Waals surface area (Å²) in [4.78, 5) is 6.13. The Labute approximate surface area is 470 Å². The first-order valence-electron chi connectivity index (χ1n) is 22.3. The zero-order valence-electron chi connectivity index (χ0n) is 46.6.